The smallest absolute Gasteiger partial charge is 0.220 e. The predicted molar refractivity (Wildman–Crippen MR) is 64.7 cm³/mol. The Morgan fingerprint density at radius 3 is 2.60 bits per heavy atom. The average molecular weight is 232 g/mol. The van der Waals surface area contributed by atoms with E-state index in [4.69, 9.17) is 22.7 Å². The first-order chi connectivity index (χ1) is 6.90. The lowest BCUT2D eigenvalue weighted by Gasteiger charge is -2.23. The molecule has 0 unspecified atom stereocenters. The second kappa shape index (κ2) is 6.74. The van der Waals surface area contributed by atoms with Crippen LogP contribution in [-0.2, 0) is 9.53 Å². The van der Waals surface area contributed by atoms with Crippen molar-refractivity contribution >= 4 is 23.1 Å². The SMILES string of the molecule is COCCCC(=O)NCC(C)(C)C(N)=S. The van der Waals surface area contributed by atoms with E-state index in [0.29, 0.717) is 24.6 Å². The quantitative estimate of drug-likeness (QED) is 0.504. The highest BCUT2D eigenvalue weighted by molar-refractivity contribution is 7.80. The third-order valence-corrected chi connectivity index (χ3v) is 2.70. The summed E-state index contributed by atoms with van der Waals surface area (Å²) < 4.78 is 4.86. The molecule has 0 aliphatic carbocycles. The van der Waals surface area contributed by atoms with Gasteiger partial charge in [-0.15, -0.1) is 0 Å². The van der Waals surface area contributed by atoms with E-state index in [2.05, 4.69) is 5.32 Å². The van der Waals surface area contributed by atoms with E-state index < -0.39 is 0 Å². The van der Waals surface area contributed by atoms with E-state index >= 15 is 0 Å². The molecule has 0 heterocycles. The highest BCUT2D eigenvalue weighted by Gasteiger charge is 2.21. The van der Waals surface area contributed by atoms with Crippen LogP contribution in [-0.4, -0.2) is 31.2 Å². The second-order valence-corrected chi connectivity index (χ2v) is 4.56. The summed E-state index contributed by atoms with van der Waals surface area (Å²) in [5.41, 5.74) is 5.21. The minimum atomic E-state index is -0.327. The molecule has 0 aliphatic rings. The maximum absolute atomic E-state index is 11.3. The molecule has 0 radical (unpaired) electrons. The van der Waals surface area contributed by atoms with Crippen molar-refractivity contribution in [3.63, 3.8) is 0 Å². The summed E-state index contributed by atoms with van der Waals surface area (Å²) in [5, 5.41) is 2.80. The van der Waals surface area contributed by atoms with Gasteiger partial charge in [-0.05, 0) is 6.42 Å². The number of hydrogen-bond acceptors (Lipinski definition) is 3. The van der Waals surface area contributed by atoms with Crippen molar-refractivity contribution in [2.75, 3.05) is 20.3 Å². The van der Waals surface area contributed by atoms with Crippen LogP contribution in [0.15, 0.2) is 0 Å². The molecule has 0 aromatic carbocycles. The van der Waals surface area contributed by atoms with Gasteiger partial charge in [0.15, 0.2) is 0 Å². The van der Waals surface area contributed by atoms with Gasteiger partial charge >= 0.3 is 0 Å². The number of carbonyl (C=O) groups is 1. The maximum Gasteiger partial charge on any atom is 0.220 e. The van der Waals surface area contributed by atoms with Crippen molar-refractivity contribution in [1.82, 2.24) is 5.32 Å². The Morgan fingerprint density at radius 2 is 2.13 bits per heavy atom. The molecule has 0 bridgehead atoms. The summed E-state index contributed by atoms with van der Waals surface area (Å²) in [4.78, 5) is 11.8. The fourth-order valence-electron chi connectivity index (χ4n) is 0.872. The topological polar surface area (TPSA) is 64.3 Å². The fraction of sp³-hybridized carbons (Fsp3) is 0.800. The van der Waals surface area contributed by atoms with E-state index in [1.807, 2.05) is 13.8 Å². The summed E-state index contributed by atoms with van der Waals surface area (Å²) in [5.74, 6) is 0.0105. The molecule has 0 aliphatic heterocycles. The van der Waals surface area contributed by atoms with E-state index in [1.54, 1.807) is 7.11 Å². The number of rotatable bonds is 7. The van der Waals surface area contributed by atoms with Crippen molar-refractivity contribution < 1.29 is 9.53 Å². The first-order valence-electron chi connectivity index (χ1n) is 4.95. The molecule has 3 N–H and O–H groups in total. The molecule has 0 saturated heterocycles. The van der Waals surface area contributed by atoms with Crippen LogP contribution in [0.1, 0.15) is 26.7 Å². The molecule has 0 aromatic rings. The first-order valence-corrected chi connectivity index (χ1v) is 5.36. The molecule has 4 nitrogen and oxygen atoms in total. The minimum absolute atomic E-state index is 0.0105. The van der Waals surface area contributed by atoms with Gasteiger partial charge in [0, 0.05) is 32.1 Å². The Kier molecular flexibility index (Phi) is 6.43. The molecule has 1 amide bonds. The number of amides is 1. The molecule has 0 rings (SSSR count). The molecule has 15 heavy (non-hydrogen) atoms. The fourth-order valence-corrected chi connectivity index (χ4v) is 0.944. The number of carbonyl (C=O) groups excluding carboxylic acids is 1. The van der Waals surface area contributed by atoms with Crippen molar-refractivity contribution in [3.05, 3.63) is 0 Å². The summed E-state index contributed by atoms with van der Waals surface area (Å²) >= 11 is 4.90. The monoisotopic (exact) mass is 232 g/mol. The summed E-state index contributed by atoms with van der Waals surface area (Å²) in [6.45, 7) is 4.90. The molecular weight excluding hydrogens is 212 g/mol. The van der Waals surface area contributed by atoms with E-state index in [-0.39, 0.29) is 11.3 Å². The second-order valence-electron chi connectivity index (χ2n) is 4.12. The minimum Gasteiger partial charge on any atom is -0.393 e. The molecule has 0 fully saturated rings. The predicted octanol–water partition coefficient (Wildman–Crippen LogP) is 0.842. The number of nitrogens with two attached hydrogens (primary N) is 1. The largest absolute Gasteiger partial charge is 0.393 e. The average Bonchev–Trinajstić information content (AvgIpc) is 2.15. The van der Waals surface area contributed by atoms with Crippen LogP contribution in [0.5, 0.6) is 0 Å². The standard InChI is InChI=1S/C10H20N2O2S/c1-10(2,9(11)15)7-12-8(13)5-4-6-14-3/h4-7H2,1-3H3,(H2,11,15)(H,12,13). The summed E-state index contributed by atoms with van der Waals surface area (Å²) in [6, 6.07) is 0. The Bertz CT molecular complexity index is 229. The van der Waals surface area contributed by atoms with E-state index in [0.717, 1.165) is 6.42 Å². The van der Waals surface area contributed by atoms with Crippen LogP contribution in [0.3, 0.4) is 0 Å². The zero-order chi connectivity index (χ0) is 11.9. The van der Waals surface area contributed by atoms with Crippen LogP contribution in [0.25, 0.3) is 0 Å². The maximum atomic E-state index is 11.3. The zero-order valence-corrected chi connectivity index (χ0v) is 10.4. The van der Waals surface area contributed by atoms with Gasteiger partial charge in [-0.3, -0.25) is 4.79 Å². The Morgan fingerprint density at radius 1 is 1.53 bits per heavy atom. The normalized spacial score (nSPS) is 11.1. The van der Waals surface area contributed by atoms with Crippen molar-refractivity contribution in [2.45, 2.75) is 26.7 Å². The van der Waals surface area contributed by atoms with Gasteiger partial charge in [-0.1, -0.05) is 26.1 Å². The Hall–Kier alpha value is -0.680. The number of hydrogen-bond donors (Lipinski definition) is 2. The van der Waals surface area contributed by atoms with Crippen LogP contribution in [0, 0.1) is 5.41 Å². The van der Waals surface area contributed by atoms with Gasteiger partial charge < -0.3 is 15.8 Å². The van der Waals surface area contributed by atoms with Crippen molar-refractivity contribution in [2.24, 2.45) is 11.1 Å². The Labute approximate surface area is 96.5 Å². The van der Waals surface area contributed by atoms with Gasteiger partial charge in [0.25, 0.3) is 0 Å². The summed E-state index contributed by atoms with van der Waals surface area (Å²) in [6.07, 6.45) is 1.21. The third-order valence-electron chi connectivity index (χ3n) is 2.15. The first kappa shape index (κ1) is 14.3. The van der Waals surface area contributed by atoms with Crippen LogP contribution in [0.2, 0.25) is 0 Å². The molecular formula is C10H20N2O2S. The summed E-state index contributed by atoms with van der Waals surface area (Å²) in [7, 11) is 1.62. The molecule has 0 aromatic heterocycles. The molecule has 5 heteroatoms. The van der Waals surface area contributed by atoms with E-state index in [9.17, 15) is 4.79 Å². The van der Waals surface area contributed by atoms with Crippen LogP contribution in [0.4, 0.5) is 0 Å². The molecule has 0 atom stereocenters. The molecule has 0 spiro atoms. The van der Waals surface area contributed by atoms with Gasteiger partial charge in [-0.25, -0.2) is 0 Å². The molecule has 0 saturated carbocycles. The van der Waals surface area contributed by atoms with Crippen LogP contribution >= 0.6 is 12.2 Å². The molecule has 88 valence electrons. The number of ether oxygens (including phenoxy) is 1. The van der Waals surface area contributed by atoms with Gasteiger partial charge in [0.2, 0.25) is 5.91 Å². The number of thiocarbonyl (C=S) groups is 1. The highest BCUT2D eigenvalue weighted by Crippen LogP contribution is 2.13. The van der Waals surface area contributed by atoms with Crippen molar-refractivity contribution in [1.29, 1.82) is 0 Å². The van der Waals surface area contributed by atoms with Crippen molar-refractivity contribution in [3.8, 4) is 0 Å². The van der Waals surface area contributed by atoms with Gasteiger partial charge in [-0.2, -0.15) is 0 Å². The number of nitrogens with one attached hydrogen (secondary N) is 1. The van der Waals surface area contributed by atoms with Gasteiger partial charge in [0.05, 0.1) is 4.99 Å². The zero-order valence-electron chi connectivity index (χ0n) is 9.63. The van der Waals surface area contributed by atoms with E-state index in [1.165, 1.54) is 0 Å². The Balaban J connectivity index is 3.75. The highest BCUT2D eigenvalue weighted by atomic mass is 32.1. The lowest BCUT2D eigenvalue weighted by Crippen LogP contribution is -2.41. The van der Waals surface area contributed by atoms with Gasteiger partial charge in [0.1, 0.15) is 0 Å². The lowest BCUT2D eigenvalue weighted by molar-refractivity contribution is -0.121. The lowest BCUT2D eigenvalue weighted by atomic mass is 9.93. The number of methoxy groups -OCH3 is 1. The van der Waals surface area contributed by atoms with Crippen LogP contribution < -0.4 is 11.1 Å². The third kappa shape index (κ3) is 6.41.